The summed E-state index contributed by atoms with van der Waals surface area (Å²) in [5, 5.41) is 2.80. The van der Waals surface area contributed by atoms with Gasteiger partial charge in [0.05, 0.1) is 0 Å². The van der Waals surface area contributed by atoms with E-state index in [4.69, 9.17) is 9.47 Å². The number of benzene rings is 2. The Morgan fingerprint density at radius 3 is 2.58 bits per heavy atom. The molecule has 0 aliphatic carbocycles. The molecule has 0 unspecified atom stereocenters. The molecule has 3 rings (SSSR count). The summed E-state index contributed by atoms with van der Waals surface area (Å²) in [4.78, 5) is 24.2. The lowest BCUT2D eigenvalue weighted by atomic mass is 10.1. The van der Waals surface area contributed by atoms with Gasteiger partial charge < -0.3 is 14.8 Å². The van der Waals surface area contributed by atoms with Gasteiger partial charge in [0.15, 0.2) is 17.3 Å². The summed E-state index contributed by atoms with van der Waals surface area (Å²) in [5.74, 6) is 0.956. The van der Waals surface area contributed by atoms with E-state index >= 15 is 0 Å². The van der Waals surface area contributed by atoms with Gasteiger partial charge in [0.1, 0.15) is 13.2 Å². The Labute approximate surface area is 153 Å². The molecule has 0 aromatic heterocycles. The van der Waals surface area contributed by atoms with Gasteiger partial charge >= 0.3 is 0 Å². The molecular weight excluding hydrogens is 421 g/mol. The topological polar surface area (TPSA) is 64.6 Å². The number of fused-ring (bicyclic) bond motifs is 1. The highest BCUT2D eigenvalue weighted by atomic mass is 127. The van der Waals surface area contributed by atoms with Gasteiger partial charge in [0.25, 0.3) is 0 Å². The van der Waals surface area contributed by atoms with Gasteiger partial charge in [0, 0.05) is 27.7 Å². The highest BCUT2D eigenvalue weighted by Gasteiger charge is 2.15. The fourth-order valence-electron chi connectivity index (χ4n) is 2.38. The maximum absolute atomic E-state index is 12.3. The minimum Gasteiger partial charge on any atom is -0.486 e. The van der Waals surface area contributed by atoms with E-state index in [2.05, 4.69) is 27.9 Å². The summed E-state index contributed by atoms with van der Waals surface area (Å²) in [6.07, 6.45) is 0.286. The number of halogens is 1. The molecule has 0 bridgehead atoms. The molecule has 2 aromatic carbocycles. The molecule has 24 heavy (non-hydrogen) atoms. The molecule has 1 N–H and O–H groups in total. The van der Waals surface area contributed by atoms with E-state index in [9.17, 15) is 9.59 Å². The van der Waals surface area contributed by atoms with E-state index in [1.807, 2.05) is 24.3 Å². The summed E-state index contributed by atoms with van der Waals surface area (Å²) in [6.45, 7) is 0.988. The quantitative estimate of drug-likeness (QED) is 0.573. The number of ether oxygens (including phenoxy) is 2. The number of Topliss-reactive ketones (excluding diaryl/α,β-unsaturated/α-hetero) is 1. The largest absolute Gasteiger partial charge is 0.486 e. The number of nitrogens with one attached hydrogen (secondary N) is 1. The van der Waals surface area contributed by atoms with Crippen molar-refractivity contribution in [2.75, 3.05) is 18.5 Å². The zero-order valence-electron chi connectivity index (χ0n) is 12.9. The molecule has 1 heterocycles. The molecule has 0 fully saturated rings. The van der Waals surface area contributed by atoms with Crippen molar-refractivity contribution in [1.82, 2.24) is 0 Å². The van der Waals surface area contributed by atoms with Gasteiger partial charge in [-0.15, -0.1) is 0 Å². The number of carbonyl (C=O) groups excluding carboxylic acids is 2. The average Bonchev–Trinajstić information content (AvgIpc) is 2.59. The van der Waals surface area contributed by atoms with Crippen LogP contribution in [0.1, 0.15) is 23.2 Å². The lowest BCUT2D eigenvalue weighted by molar-refractivity contribution is -0.116. The van der Waals surface area contributed by atoms with Crippen LogP contribution in [0.4, 0.5) is 5.69 Å². The number of hydrogen-bond acceptors (Lipinski definition) is 4. The second-order valence-electron chi connectivity index (χ2n) is 5.34. The number of anilines is 1. The smallest absolute Gasteiger partial charge is 0.224 e. The second-order valence-corrected chi connectivity index (χ2v) is 6.59. The van der Waals surface area contributed by atoms with Crippen LogP contribution in [0.5, 0.6) is 11.5 Å². The summed E-state index contributed by atoms with van der Waals surface area (Å²) >= 11 is 2.18. The van der Waals surface area contributed by atoms with Crippen LogP contribution in [-0.2, 0) is 4.79 Å². The number of rotatable bonds is 5. The Bertz CT molecular complexity index is 775. The van der Waals surface area contributed by atoms with E-state index in [0.29, 0.717) is 30.3 Å². The molecular formula is C18H16INO4. The van der Waals surface area contributed by atoms with Gasteiger partial charge in [-0.1, -0.05) is 6.07 Å². The van der Waals surface area contributed by atoms with E-state index in [0.717, 1.165) is 9.26 Å². The zero-order valence-corrected chi connectivity index (χ0v) is 15.0. The normalized spacial score (nSPS) is 12.5. The van der Waals surface area contributed by atoms with Crippen molar-refractivity contribution >= 4 is 40.0 Å². The van der Waals surface area contributed by atoms with Crippen molar-refractivity contribution in [3.05, 3.63) is 51.6 Å². The molecule has 6 heteroatoms. The molecule has 0 radical (unpaired) electrons. The molecule has 1 amide bonds. The van der Waals surface area contributed by atoms with Crippen LogP contribution in [-0.4, -0.2) is 24.9 Å². The fraction of sp³-hybridized carbons (Fsp3) is 0.222. The predicted molar refractivity (Wildman–Crippen MR) is 98.8 cm³/mol. The maximum atomic E-state index is 12.3. The minimum atomic E-state index is -0.178. The summed E-state index contributed by atoms with van der Waals surface area (Å²) in [5.41, 5.74) is 1.26. The van der Waals surface area contributed by atoms with E-state index in [1.54, 1.807) is 18.2 Å². The molecule has 5 nitrogen and oxygen atoms in total. The second kappa shape index (κ2) is 7.65. The molecule has 2 aromatic rings. The minimum absolute atomic E-state index is 0.0928. The average molecular weight is 437 g/mol. The predicted octanol–water partition coefficient (Wildman–Crippen LogP) is 3.66. The number of carbonyl (C=O) groups is 2. The van der Waals surface area contributed by atoms with Gasteiger partial charge in [0.2, 0.25) is 5.91 Å². The molecule has 0 atom stereocenters. The Morgan fingerprint density at radius 2 is 1.79 bits per heavy atom. The van der Waals surface area contributed by atoms with Crippen LogP contribution in [0.2, 0.25) is 0 Å². The van der Waals surface area contributed by atoms with Gasteiger partial charge in [-0.2, -0.15) is 0 Å². The highest BCUT2D eigenvalue weighted by molar-refractivity contribution is 14.1. The van der Waals surface area contributed by atoms with Crippen LogP contribution < -0.4 is 14.8 Å². The standard InChI is InChI=1S/C18H16INO4/c19-13-2-1-3-14(11-13)20-18(22)7-5-15(21)12-4-6-16-17(10-12)24-9-8-23-16/h1-4,6,10-11H,5,7-9H2,(H,20,22). The third-order valence-corrected chi connectivity index (χ3v) is 4.22. The van der Waals surface area contributed by atoms with Crippen molar-refractivity contribution in [1.29, 1.82) is 0 Å². The van der Waals surface area contributed by atoms with Crippen LogP contribution in [0, 0.1) is 3.57 Å². The van der Waals surface area contributed by atoms with Gasteiger partial charge in [-0.3, -0.25) is 9.59 Å². The van der Waals surface area contributed by atoms with Gasteiger partial charge in [-0.25, -0.2) is 0 Å². The molecule has 0 spiro atoms. The zero-order chi connectivity index (χ0) is 16.9. The first-order valence-corrected chi connectivity index (χ1v) is 8.68. The molecule has 0 saturated heterocycles. The SMILES string of the molecule is O=C(CCC(=O)c1ccc2c(c1)OCCO2)Nc1cccc(I)c1. The number of hydrogen-bond donors (Lipinski definition) is 1. The summed E-state index contributed by atoms with van der Waals surface area (Å²) in [7, 11) is 0. The molecule has 0 saturated carbocycles. The van der Waals surface area contributed by atoms with Crippen molar-refractivity contribution in [3.63, 3.8) is 0 Å². The molecule has 1 aliphatic heterocycles. The summed E-state index contributed by atoms with van der Waals surface area (Å²) in [6, 6.07) is 12.6. The molecule has 1 aliphatic rings. The van der Waals surface area contributed by atoms with E-state index in [-0.39, 0.29) is 24.5 Å². The Morgan fingerprint density at radius 1 is 1.00 bits per heavy atom. The third kappa shape index (κ3) is 4.25. The Kier molecular flexibility index (Phi) is 5.34. The monoisotopic (exact) mass is 437 g/mol. The Balaban J connectivity index is 1.56. The van der Waals surface area contributed by atoms with Crippen molar-refractivity contribution in [2.24, 2.45) is 0 Å². The van der Waals surface area contributed by atoms with E-state index < -0.39 is 0 Å². The summed E-state index contributed by atoms with van der Waals surface area (Å²) < 4.78 is 11.9. The lowest BCUT2D eigenvalue weighted by Crippen LogP contribution is -2.16. The molecule has 124 valence electrons. The number of ketones is 1. The first-order chi connectivity index (χ1) is 11.6. The highest BCUT2D eigenvalue weighted by Crippen LogP contribution is 2.31. The third-order valence-electron chi connectivity index (χ3n) is 3.55. The van der Waals surface area contributed by atoms with Crippen molar-refractivity contribution < 1.29 is 19.1 Å². The van der Waals surface area contributed by atoms with Gasteiger partial charge in [-0.05, 0) is 59.0 Å². The fourth-order valence-corrected chi connectivity index (χ4v) is 2.92. The van der Waals surface area contributed by atoms with Crippen LogP contribution in [0.15, 0.2) is 42.5 Å². The van der Waals surface area contributed by atoms with Crippen LogP contribution >= 0.6 is 22.6 Å². The first-order valence-electron chi connectivity index (χ1n) is 7.60. The van der Waals surface area contributed by atoms with Crippen LogP contribution in [0.25, 0.3) is 0 Å². The number of amides is 1. The van der Waals surface area contributed by atoms with Crippen LogP contribution in [0.3, 0.4) is 0 Å². The van der Waals surface area contributed by atoms with Crippen molar-refractivity contribution in [2.45, 2.75) is 12.8 Å². The first kappa shape index (κ1) is 16.8. The Hall–Kier alpha value is -2.09. The lowest BCUT2D eigenvalue weighted by Gasteiger charge is -2.18. The van der Waals surface area contributed by atoms with Crippen molar-refractivity contribution in [3.8, 4) is 11.5 Å². The maximum Gasteiger partial charge on any atom is 0.224 e. The van der Waals surface area contributed by atoms with E-state index in [1.165, 1.54) is 0 Å².